The van der Waals surface area contributed by atoms with Gasteiger partial charge in [-0.05, 0) is 32.0 Å². The first-order chi connectivity index (χ1) is 7.04. The van der Waals surface area contributed by atoms with E-state index in [1.54, 1.807) is 6.07 Å². The number of carbonyl (C=O) groups excluding carboxylic acids is 1. The van der Waals surface area contributed by atoms with Crippen LogP contribution in [0, 0.1) is 0 Å². The van der Waals surface area contributed by atoms with Gasteiger partial charge in [0, 0.05) is 17.3 Å². The quantitative estimate of drug-likeness (QED) is 0.472. The lowest BCUT2D eigenvalue weighted by atomic mass is 10.1. The normalized spacial score (nSPS) is 10.4. The Labute approximate surface area is 94.1 Å². The summed E-state index contributed by atoms with van der Waals surface area (Å²) in [5.41, 5.74) is 1.13. The minimum absolute atomic E-state index is 0.0674. The highest BCUT2D eigenvalue weighted by molar-refractivity contribution is 6.31. The fraction of sp³-hybridized carbons (Fsp3) is 0.364. The number of halogens is 1. The van der Waals surface area contributed by atoms with Crippen LogP contribution in [0.2, 0.25) is 0 Å². The van der Waals surface area contributed by atoms with Gasteiger partial charge < -0.3 is 10.4 Å². The summed E-state index contributed by atoms with van der Waals surface area (Å²) in [6.07, 6.45) is 0. The highest BCUT2D eigenvalue weighted by atomic mass is 35.5. The average Bonchev–Trinajstić information content (AvgIpc) is 2.19. The van der Waals surface area contributed by atoms with E-state index in [-0.39, 0.29) is 23.5 Å². The molecule has 3 nitrogen and oxygen atoms in total. The zero-order valence-electron chi connectivity index (χ0n) is 8.75. The number of alkyl halides is 1. The van der Waals surface area contributed by atoms with Crippen molar-refractivity contribution in [2.24, 2.45) is 0 Å². The van der Waals surface area contributed by atoms with Crippen molar-refractivity contribution in [2.45, 2.75) is 19.9 Å². The monoisotopic (exact) mass is 227 g/mol. The fourth-order valence-electron chi connectivity index (χ4n) is 1.27. The number of benzene rings is 1. The molecule has 0 fully saturated rings. The summed E-state index contributed by atoms with van der Waals surface area (Å²) in [6.45, 7) is 3.95. The Morgan fingerprint density at radius 1 is 1.53 bits per heavy atom. The lowest BCUT2D eigenvalue weighted by Crippen LogP contribution is -2.13. The Balaban J connectivity index is 3.08. The lowest BCUT2D eigenvalue weighted by molar-refractivity contribution is 0.102. The lowest BCUT2D eigenvalue weighted by Gasteiger charge is -2.13. The SMILES string of the molecule is CC(C)Nc1ccc(O)cc1C(=O)CCl. The molecule has 82 valence electrons. The van der Waals surface area contributed by atoms with Gasteiger partial charge in [0.25, 0.3) is 0 Å². The number of rotatable bonds is 4. The molecule has 0 aliphatic carbocycles. The summed E-state index contributed by atoms with van der Waals surface area (Å²) in [6, 6.07) is 4.86. The van der Waals surface area contributed by atoms with E-state index >= 15 is 0 Å². The van der Waals surface area contributed by atoms with E-state index in [9.17, 15) is 9.90 Å². The summed E-state index contributed by atoms with van der Waals surface area (Å²) >= 11 is 5.49. The van der Waals surface area contributed by atoms with Crippen molar-refractivity contribution < 1.29 is 9.90 Å². The molecule has 1 aromatic carbocycles. The number of hydrogen-bond acceptors (Lipinski definition) is 3. The molecular weight excluding hydrogens is 214 g/mol. The molecule has 0 radical (unpaired) electrons. The van der Waals surface area contributed by atoms with Crippen LogP contribution < -0.4 is 5.32 Å². The topological polar surface area (TPSA) is 49.3 Å². The van der Waals surface area contributed by atoms with Gasteiger partial charge in [-0.1, -0.05) is 0 Å². The molecule has 0 aliphatic heterocycles. The molecular formula is C11H14ClNO2. The summed E-state index contributed by atoms with van der Waals surface area (Å²) in [5, 5.41) is 12.4. The van der Waals surface area contributed by atoms with Gasteiger partial charge in [-0.3, -0.25) is 4.79 Å². The van der Waals surface area contributed by atoms with E-state index in [4.69, 9.17) is 11.6 Å². The number of anilines is 1. The molecule has 2 N–H and O–H groups in total. The van der Waals surface area contributed by atoms with Gasteiger partial charge >= 0.3 is 0 Å². The zero-order chi connectivity index (χ0) is 11.4. The van der Waals surface area contributed by atoms with Crippen LogP contribution in [0.1, 0.15) is 24.2 Å². The molecule has 0 unspecified atom stereocenters. The van der Waals surface area contributed by atoms with Gasteiger partial charge in [-0.2, -0.15) is 0 Å². The zero-order valence-corrected chi connectivity index (χ0v) is 9.51. The molecule has 0 spiro atoms. The van der Waals surface area contributed by atoms with E-state index in [0.717, 1.165) is 0 Å². The highest BCUT2D eigenvalue weighted by Crippen LogP contribution is 2.22. The van der Waals surface area contributed by atoms with Gasteiger partial charge in [-0.15, -0.1) is 11.6 Å². The Bertz CT molecular complexity index is 364. The summed E-state index contributed by atoms with van der Waals surface area (Å²) < 4.78 is 0. The minimum atomic E-state index is -0.198. The summed E-state index contributed by atoms with van der Waals surface area (Å²) in [5.74, 6) is -0.218. The second-order valence-electron chi connectivity index (χ2n) is 3.59. The first-order valence-electron chi connectivity index (χ1n) is 4.73. The first-order valence-corrected chi connectivity index (χ1v) is 5.26. The Morgan fingerprint density at radius 3 is 2.73 bits per heavy atom. The molecule has 0 saturated heterocycles. The number of phenolic OH excluding ortho intramolecular Hbond substituents is 1. The number of Topliss-reactive ketones (excluding diaryl/α,β-unsaturated/α-hetero) is 1. The number of hydrogen-bond donors (Lipinski definition) is 2. The maximum Gasteiger partial charge on any atom is 0.179 e. The van der Waals surface area contributed by atoms with Crippen LogP contribution in [0.15, 0.2) is 18.2 Å². The van der Waals surface area contributed by atoms with E-state index in [1.807, 2.05) is 13.8 Å². The number of phenols is 1. The van der Waals surface area contributed by atoms with Crippen molar-refractivity contribution in [3.63, 3.8) is 0 Å². The fourth-order valence-corrected chi connectivity index (χ4v) is 1.42. The van der Waals surface area contributed by atoms with Crippen molar-refractivity contribution in [1.29, 1.82) is 0 Å². The third-order valence-electron chi connectivity index (χ3n) is 1.87. The van der Waals surface area contributed by atoms with E-state index in [2.05, 4.69) is 5.32 Å². The van der Waals surface area contributed by atoms with E-state index < -0.39 is 0 Å². The molecule has 15 heavy (non-hydrogen) atoms. The highest BCUT2D eigenvalue weighted by Gasteiger charge is 2.11. The molecule has 0 saturated carbocycles. The number of ketones is 1. The Hall–Kier alpha value is -1.22. The molecule has 0 aliphatic rings. The van der Waals surface area contributed by atoms with Gasteiger partial charge in [0.15, 0.2) is 5.78 Å². The van der Waals surface area contributed by atoms with Gasteiger partial charge in [0.05, 0.1) is 5.88 Å². The largest absolute Gasteiger partial charge is 0.508 e. The molecule has 0 bridgehead atoms. The van der Waals surface area contributed by atoms with E-state index in [1.165, 1.54) is 12.1 Å². The summed E-state index contributed by atoms with van der Waals surface area (Å²) in [7, 11) is 0. The molecule has 0 aromatic heterocycles. The van der Waals surface area contributed by atoms with Crippen molar-refractivity contribution in [1.82, 2.24) is 0 Å². The van der Waals surface area contributed by atoms with Crippen LogP contribution in [0.4, 0.5) is 5.69 Å². The third kappa shape index (κ3) is 3.13. The third-order valence-corrected chi connectivity index (χ3v) is 2.11. The molecule has 0 amide bonds. The second kappa shape index (κ2) is 5.03. The standard InChI is InChI=1S/C11H14ClNO2/c1-7(2)13-10-4-3-8(14)5-9(10)11(15)6-12/h3-5,7,13-14H,6H2,1-2H3. The Morgan fingerprint density at radius 2 is 2.20 bits per heavy atom. The number of carbonyl (C=O) groups is 1. The average molecular weight is 228 g/mol. The molecule has 1 aromatic rings. The summed E-state index contributed by atoms with van der Waals surface area (Å²) in [4.78, 5) is 11.5. The molecule has 0 heterocycles. The molecule has 0 atom stereocenters. The Kier molecular flexibility index (Phi) is 3.97. The smallest absolute Gasteiger partial charge is 0.179 e. The van der Waals surface area contributed by atoms with Crippen molar-refractivity contribution in [3.05, 3.63) is 23.8 Å². The van der Waals surface area contributed by atoms with Crippen LogP contribution in [0.3, 0.4) is 0 Å². The first kappa shape index (κ1) is 11.9. The number of nitrogens with one attached hydrogen (secondary N) is 1. The maximum atomic E-state index is 11.5. The van der Waals surface area contributed by atoms with Crippen molar-refractivity contribution in [3.8, 4) is 5.75 Å². The van der Waals surface area contributed by atoms with Crippen LogP contribution in [0.25, 0.3) is 0 Å². The number of aromatic hydroxyl groups is 1. The van der Waals surface area contributed by atoms with Crippen LogP contribution in [-0.2, 0) is 0 Å². The van der Waals surface area contributed by atoms with Gasteiger partial charge in [-0.25, -0.2) is 0 Å². The van der Waals surface area contributed by atoms with Crippen LogP contribution in [0.5, 0.6) is 5.75 Å². The van der Waals surface area contributed by atoms with Crippen LogP contribution in [-0.4, -0.2) is 22.8 Å². The van der Waals surface area contributed by atoms with Crippen molar-refractivity contribution >= 4 is 23.1 Å². The van der Waals surface area contributed by atoms with Gasteiger partial charge in [0.2, 0.25) is 0 Å². The predicted molar refractivity (Wildman–Crippen MR) is 61.9 cm³/mol. The predicted octanol–water partition coefficient (Wildman–Crippen LogP) is 2.63. The molecule has 1 rings (SSSR count). The second-order valence-corrected chi connectivity index (χ2v) is 3.85. The maximum absolute atomic E-state index is 11.5. The minimum Gasteiger partial charge on any atom is -0.508 e. The van der Waals surface area contributed by atoms with Crippen molar-refractivity contribution in [2.75, 3.05) is 11.2 Å². The van der Waals surface area contributed by atoms with Gasteiger partial charge in [0.1, 0.15) is 5.75 Å². The molecule has 4 heteroatoms. The van der Waals surface area contributed by atoms with Crippen LogP contribution >= 0.6 is 11.6 Å². The van der Waals surface area contributed by atoms with E-state index in [0.29, 0.717) is 11.3 Å².